The molecule has 0 aliphatic rings. The summed E-state index contributed by atoms with van der Waals surface area (Å²) in [5.41, 5.74) is 5.25. The van der Waals surface area contributed by atoms with Crippen LogP contribution in [0, 0.1) is 20.2 Å². The summed E-state index contributed by atoms with van der Waals surface area (Å²) >= 11 is 0. The van der Waals surface area contributed by atoms with Gasteiger partial charge in [-0.3, -0.25) is 25.0 Å². The number of rotatable bonds is 10. The van der Waals surface area contributed by atoms with Crippen LogP contribution in [0.25, 0.3) is 46.0 Å². The van der Waals surface area contributed by atoms with E-state index in [4.69, 9.17) is 10.2 Å². The Morgan fingerprint density at radius 2 is 0.935 bits per heavy atom. The third kappa shape index (κ3) is 6.43. The fraction of sp³-hybridized carbons (Fsp3) is 0. The van der Waals surface area contributed by atoms with E-state index in [1.165, 1.54) is 36.4 Å². The van der Waals surface area contributed by atoms with Crippen molar-refractivity contribution in [3.05, 3.63) is 165 Å². The molecule has 0 radical (unpaired) electrons. The number of carbonyl (C=O) groups excluding carboxylic acids is 1. The minimum absolute atomic E-state index is 0.0349. The highest BCUT2D eigenvalue weighted by atomic mass is 16.6. The second-order valence-electron chi connectivity index (χ2n) is 10.1. The van der Waals surface area contributed by atoms with Gasteiger partial charge in [-0.15, -0.1) is 0 Å². The summed E-state index contributed by atoms with van der Waals surface area (Å²) in [5, 5.41) is 31.7. The maximum Gasteiger partial charge on any atom is 0.269 e. The lowest BCUT2D eigenvalue weighted by atomic mass is 10.1. The molecular weight excluding hydrogens is 584 g/mol. The summed E-state index contributed by atoms with van der Waals surface area (Å²) in [4.78, 5) is 34.5. The SMILES string of the molecule is O=C(/C=C/c1cn(-c2ccccc2)nc1-c1ccc([N+](=O)[O-])cc1)/C=C/c1cn(-c2ccccc2)nc1-c1ccc([N+](=O)[O-])cc1. The molecule has 0 atom stereocenters. The third-order valence-electron chi connectivity index (χ3n) is 7.08. The molecule has 11 heteroatoms. The lowest BCUT2D eigenvalue weighted by molar-refractivity contribution is -0.385. The van der Waals surface area contributed by atoms with Gasteiger partial charge in [0.25, 0.3) is 11.4 Å². The van der Waals surface area contributed by atoms with Crippen LogP contribution in [0.2, 0.25) is 0 Å². The number of ketones is 1. The van der Waals surface area contributed by atoms with Crippen molar-refractivity contribution in [3.8, 4) is 33.9 Å². The van der Waals surface area contributed by atoms with Gasteiger partial charge < -0.3 is 0 Å². The molecule has 0 fully saturated rings. The van der Waals surface area contributed by atoms with Crippen molar-refractivity contribution in [1.82, 2.24) is 19.6 Å². The zero-order valence-electron chi connectivity index (χ0n) is 24.1. The normalized spacial score (nSPS) is 11.3. The fourth-order valence-electron chi connectivity index (χ4n) is 4.77. The maximum atomic E-state index is 13.1. The minimum Gasteiger partial charge on any atom is -0.290 e. The number of benzene rings is 4. The Morgan fingerprint density at radius 3 is 1.28 bits per heavy atom. The van der Waals surface area contributed by atoms with Crippen molar-refractivity contribution < 1.29 is 14.6 Å². The largest absolute Gasteiger partial charge is 0.290 e. The first-order chi connectivity index (χ1) is 22.4. The number of para-hydroxylation sites is 2. The van der Waals surface area contributed by atoms with E-state index in [2.05, 4.69) is 0 Å². The Labute approximate surface area is 262 Å². The average Bonchev–Trinajstić information content (AvgIpc) is 3.72. The summed E-state index contributed by atoms with van der Waals surface area (Å²) in [6.07, 6.45) is 9.73. The molecule has 6 aromatic rings. The topological polar surface area (TPSA) is 139 Å². The van der Waals surface area contributed by atoms with Gasteiger partial charge in [0.15, 0.2) is 5.78 Å². The molecule has 224 valence electrons. The molecule has 0 unspecified atom stereocenters. The van der Waals surface area contributed by atoms with E-state index in [1.807, 2.05) is 60.7 Å². The summed E-state index contributed by atoms with van der Waals surface area (Å²) in [6.45, 7) is 0. The Balaban J connectivity index is 1.31. The van der Waals surface area contributed by atoms with Crippen molar-refractivity contribution in [2.75, 3.05) is 0 Å². The molecule has 4 aromatic carbocycles. The van der Waals surface area contributed by atoms with Crippen molar-refractivity contribution in [2.24, 2.45) is 0 Å². The van der Waals surface area contributed by atoms with Gasteiger partial charge in [0, 0.05) is 58.9 Å². The smallest absolute Gasteiger partial charge is 0.269 e. The Kier molecular flexibility index (Phi) is 8.20. The quantitative estimate of drug-likeness (QED) is 0.0891. The highest BCUT2D eigenvalue weighted by molar-refractivity contribution is 6.05. The summed E-state index contributed by atoms with van der Waals surface area (Å²) in [7, 11) is 0. The second kappa shape index (κ2) is 12.9. The summed E-state index contributed by atoms with van der Waals surface area (Å²) in [5.74, 6) is -0.302. The molecule has 0 amide bonds. The van der Waals surface area contributed by atoms with Crippen molar-refractivity contribution in [2.45, 2.75) is 0 Å². The summed E-state index contributed by atoms with van der Waals surface area (Å²) in [6, 6.07) is 31.1. The molecule has 2 heterocycles. The molecule has 0 saturated heterocycles. The van der Waals surface area contributed by atoms with Gasteiger partial charge in [-0.2, -0.15) is 10.2 Å². The number of non-ortho nitro benzene ring substituents is 2. The van der Waals surface area contributed by atoms with Gasteiger partial charge in [0.1, 0.15) is 0 Å². The van der Waals surface area contributed by atoms with Crippen LogP contribution in [0.5, 0.6) is 0 Å². The monoisotopic (exact) mass is 608 g/mol. The second-order valence-corrected chi connectivity index (χ2v) is 10.1. The van der Waals surface area contributed by atoms with Crippen LogP contribution in [-0.4, -0.2) is 35.2 Å². The zero-order valence-corrected chi connectivity index (χ0v) is 24.1. The highest BCUT2D eigenvalue weighted by Gasteiger charge is 2.15. The van der Waals surface area contributed by atoms with Crippen LogP contribution < -0.4 is 0 Å². The van der Waals surface area contributed by atoms with Gasteiger partial charge >= 0.3 is 0 Å². The molecule has 0 bridgehead atoms. The molecular formula is C35H24N6O5. The highest BCUT2D eigenvalue weighted by Crippen LogP contribution is 2.28. The number of hydrogen-bond donors (Lipinski definition) is 0. The Morgan fingerprint density at radius 1 is 0.565 bits per heavy atom. The molecule has 11 nitrogen and oxygen atoms in total. The minimum atomic E-state index is -0.464. The molecule has 0 N–H and O–H groups in total. The van der Waals surface area contributed by atoms with Crippen LogP contribution in [-0.2, 0) is 4.79 Å². The van der Waals surface area contributed by atoms with Crippen molar-refractivity contribution >= 4 is 29.3 Å². The molecule has 0 aliphatic heterocycles. The molecule has 0 saturated carbocycles. The number of carbonyl (C=O) groups is 1. The van der Waals surface area contributed by atoms with Gasteiger partial charge in [0.2, 0.25) is 0 Å². The molecule has 0 aliphatic carbocycles. The standard InChI is InChI=1S/C35H24N6O5/c42-33(21-15-27-23-38(29-7-3-1-4-8-29)36-34(27)25-11-17-31(18-12-25)40(43)44)22-16-28-24-39(30-9-5-2-6-10-30)37-35(28)26-13-19-32(20-14-26)41(45)46/h1-24H/b21-15+,22-16+. The predicted molar refractivity (Wildman–Crippen MR) is 174 cm³/mol. The van der Waals surface area contributed by atoms with E-state index < -0.39 is 9.85 Å². The molecule has 0 spiro atoms. The molecule has 6 rings (SSSR count). The van der Waals surface area contributed by atoms with E-state index in [9.17, 15) is 25.0 Å². The first kappa shape index (κ1) is 29.3. The van der Waals surface area contributed by atoms with Gasteiger partial charge in [0.05, 0.1) is 32.6 Å². The fourth-order valence-corrected chi connectivity index (χ4v) is 4.77. The van der Waals surface area contributed by atoms with E-state index in [-0.39, 0.29) is 17.2 Å². The number of nitro benzene ring substituents is 2. The maximum absolute atomic E-state index is 13.1. The Bertz CT molecular complexity index is 1950. The lowest BCUT2D eigenvalue weighted by Crippen LogP contribution is -1.94. The van der Waals surface area contributed by atoms with Crippen LogP contribution >= 0.6 is 0 Å². The van der Waals surface area contributed by atoms with Crippen molar-refractivity contribution in [3.63, 3.8) is 0 Å². The van der Waals surface area contributed by atoms with Crippen LogP contribution in [0.4, 0.5) is 11.4 Å². The lowest BCUT2D eigenvalue weighted by Gasteiger charge is -2.00. The van der Waals surface area contributed by atoms with E-state index in [0.717, 1.165) is 11.4 Å². The predicted octanol–water partition coefficient (Wildman–Crippen LogP) is 7.50. The van der Waals surface area contributed by atoms with Crippen LogP contribution in [0.1, 0.15) is 11.1 Å². The number of nitrogens with zero attached hydrogens (tertiary/aromatic N) is 6. The van der Waals surface area contributed by atoms with Gasteiger partial charge in [-0.05, 0) is 72.8 Å². The van der Waals surface area contributed by atoms with Gasteiger partial charge in [-0.1, -0.05) is 36.4 Å². The van der Waals surface area contributed by atoms with Crippen LogP contribution in [0.3, 0.4) is 0 Å². The number of aromatic nitrogens is 4. The van der Waals surface area contributed by atoms with Gasteiger partial charge in [-0.25, -0.2) is 9.36 Å². The van der Waals surface area contributed by atoms with Crippen molar-refractivity contribution in [1.29, 1.82) is 0 Å². The molecule has 2 aromatic heterocycles. The number of nitro groups is 2. The average molecular weight is 609 g/mol. The number of allylic oxidation sites excluding steroid dienone is 2. The summed E-state index contributed by atoms with van der Waals surface area (Å²) < 4.78 is 3.37. The molecule has 46 heavy (non-hydrogen) atoms. The van der Waals surface area contributed by atoms with Crippen LogP contribution in [0.15, 0.2) is 134 Å². The van der Waals surface area contributed by atoms with E-state index >= 15 is 0 Å². The first-order valence-electron chi connectivity index (χ1n) is 14.1. The first-order valence-corrected chi connectivity index (χ1v) is 14.1. The third-order valence-corrected chi connectivity index (χ3v) is 7.08. The van der Waals surface area contributed by atoms with E-state index in [1.54, 1.807) is 58.2 Å². The number of hydrogen-bond acceptors (Lipinski definition) is 7. The Hall–Kier alpha value is -6.75. The zero-order chi connectivity index (χ0) is 32.0. The van der Waals surface area contributed by atoms with E-state index in [0.29, 0.717) is 33.6 Å².